The van der Waals surface area contributed by atoms with Gasteiger partial charge in [0.25, 0.3) is 0 Å². The third-order valence-corrected chi connectivity index (χ3v) is 14.6. The smallest absolute Gasteiger partial charge is 0.172 e. The second-order valence-corrected chi connectivity index (χ2v) is 19.9. The van der Waals surface area contributed by atoms with Crippen LogP contribution in [0.2, 0.25) is 0 Å². The molecule has 0 radical (unpaired) electrons. The van der Waals surface area contributed by atoms with Gasteiger partial charge in [0.15, 0.2) is 0 Å². The SMILES string of the molecule is CC(C)(C)c1cc2c(cc1-c1ccccc1)[cH-]c1cc(-c3ccccc3)c(C(C)(C)C)cc12.CC(C)([C](=[Zr+2])C(C)(C)c1ccccc1)c1ccccc1.c1cc[cH-]c1. The maximum Gasteiger partial charge on any atom is -0.172 e. The molecule has 0 fully saturated rings. The molecular formula is C57H60Zr. The Hall–Kier alpha value is -4.71. The Labute approximate surface area is 364 Å². The number of fused-ring (bicyclic) bond motifs is 3. The Morgan fingerprint density at radius 1 is 0.414 bits per heavy atom. The van der Waals surface area contributed by atoms with Gasteiger partial charge in [-0.25, -0.2) is 12.1 Å². The minimum Gasteiger partial charge on any atom is -0.214 e. The predicted molar refractivity (Wildman–Crippen MR) is 251 cm³/mol. The quantitative estimate of drug-likeness (QED) is 0.146. The standard InChI is InChI=1S/C33H33.C19H22.C5H5.Zr/c1-32(2,3)30-20-26-24(18-28(30)22-13-9-7-10-14-22)17-25-19-29(23-15-11-8-12-16-23)31(21-27(25)26)33(4,5)6;1-18(2,16-11-7-5-8-12-16)15-19(3,4)17-13-9-6-10-14-17;1-2-4-5-3-1;/h7-21H,1-6H3;5-14H,1-4H3;1-5H;/q-1;;-1;+2. The van der Waals surface area contributed by atoms with Gasteiger partial charge in [-0.3, -0.25) is 0 Å². The molecule has 8 rings (SSSR count). The molecule has 0 saturated carbocycles. The van der Waals surface area contributed by atoms with Crippen molar-refractivity contribution >= 4 is 24.8 Å². The van der Waals surface area contributed by atoms with E-state index in [2.05, 4.69) is 221 Å². The number of benzene rings is 6. The van der Waals surface area contributed by atoms with Crippen molar-refractivity contribution in [3.05, 3.63) is 204 Å². The van der Waals surface area contributed by atoms with E-state index >= 15 is 0 Å². The van der Waals surface area contributed by atoms with Crippen molar-refractivity contribution in [2.24, 2.45) is 0 Å². The summed E-state index contributed by atoms with van der Waals surface area (Å²) in [6.45, 7) is 23.3. The maximum atomic E-state index is 2.45. The molecule has 58 heavy (non-hydrogen) atoms. The van der Waals surface area contributed by atoms with Crippen LogP contribution < -0.4 is 0 Å². The second-order valence-electron chi connectivity index (χ2n) is 18.7. The van der Waals surface area contributed by atoms with Crippen LogP contribution in [-0.4, -0.2) is 3.21 Å². The molecule has 0 heterocycles. The van der Waals surface area contributed by atoms with Crippen LogP contribution in [0.1, 0.15) is 91.5 Å². The molecule has 0 aliphatic heterocycles. The number of hydrogen-bond acceptors (Lipinski definition) is 0. The molecule has 0 nitrogen and oxygen atoms in total. The topological polar surface area (TPSA) is 0 Å². The summed E-state index contributed by atoms with van der Waals surface area (Å²) >= 11 is 1.51. The second kappa shape index (κ2) is 17.6. The average Bonchev–Trinajstić information content (AvgIpc) is 3.93. The van der Waals surface area contributed by atoms with Crippen molar-refractivity contribution < 1.29 is 24.2 Å². The Morgan fingerprint density at radius 2 is 0.741 bits per heavy atom. The molecule has 1 heteroatoms. The summed E-state index contributed by atoms with van der Waals surface area (Å²) in [5, 5.41) is 5.36. The van der Waals surface area contributed by atoms with Crippen molar-refractivity contribution in [3.63, 3.8) is 0 Å². The van der Waals surface area contributed by atoms with Crippen molar-refractivity contribution in [3.8, 4) is 22.3 Å². The van der Waals surface area contributed by atoms with Gasteiger partial charge in [0.05, 0.1) is 0 Å². The molecule has 292 valence electrons. The van der Waals surface area contributed by atoms with E-state index in [1.54, 1.807) is 3.21 Å². The maximum absolute atomic E-state index is 2.45. The van der Waals surface area contributed by atoms with E-state index in [9.17, 15) is 0 Å². The summed E-state index contributed by atoms with van der Waals surface area (Å²) in [5.41, 5.74) is 11.2. The molecule has 0 spiro atoms. The van der Waals surface area contributed by atoms with Gasteiger partial charge < -0.3 is 0 Å². The van der Waals surface area contributed by atoms with Crippen LogP contribution in [0.4, 0.5) is 0 Å². The molecule has 0 bridgehead atoms. The summed E-state index contributed by atoms with van der Waals surface area (Å²) in [6, 6.07) is 65.4. The largest absolute Gasteiger partial charge is 0.214 e. The molecule has 0 saturated heterocycles. The first-order valence-electron chi connectivity index (χ1n) is 20.7. The van der Waals surface area contributed by atoms with E-state index in [4.69, 9.17) is 0 Å². The van der Waals surface area contributed by atoms with Crippen LogP contribution in [0.15, 0.2) is 182 Å². The number of rotatable bonds is 6. The van der Waals surface area contributed by atoms with Crippen LogP contribution in [0.25, 0.3) is 43.8 Å². The van der Waals surface area contributed by atoms with Gasteiger partial charge in [0.1, 0.15) is 0 Å². The summed E-state index contributed by atoms with van der Waals surface area (Å²) in [4.78, 5) is 0. The first-order valence-corrected chi connectivity index (χ1v) is 21.9. The Kier molecular flexibility index (Phi) is 13.0. The molecule has 8 aromatic carbocycles. The van der Waals surface area contributed by atoms with Crippen LogP contribution in [0.5, 0.6) is 0 Å². The van der Waals surface area contributed by atoms with Crippen molar-refractivity contribution in [2.75, 3.05) is 0 Å². The molecule has 0 aliphatic carbocycles. The molecule has 0 amide bonds. The van der Waals surface area contributed by atoms with E-state index in [0.717, 1.165) is 0 Å². The van der Waals surface area contributed by atoms with Gasteiger partial charge in [-0.05, 0) is 44.2 Å². The zero-order valence-corrected chi connectivity index (χ0v) is 38.8. The van der Waals surface area contributed by atoms with Gasteiger partial charge >= 0.3 is 138 Å². The van der Waals surface area contributed by atoms with Gasteiger partial charge in [-0.15, -0.1) is 39.7 Å². The minimum absolute atomic E-state index is 0.0554. The normalized spacial score (nSPS) is 12.1. The van der Waals surface area contributed by atoms with Gasteiger partial charge in [0, 0.05) is 0 Å². The molecule has 0 aromatic heterocycles. The van der Waals surface area contributed by atoms with Crippen LogP contribution in [0, 0.1) is 0 Å². The molecule has 0 unspecified atom stereocenters. The van der Waals surface area contributed by atoms with Crippen LogP contribution >= 0.6 is 0 Å². The minimum atomic E-state index is 0.0554. The van der Waals surface area contributed by atoms with Crippen molar-refractivity contribution in [1.29, 1.82) is 0 Å². The summed E-state index contributed by atoms with van der Waals surface area (Å²) < 4.78 is 1.58. The third kappa shape index (κ3) is 9.59. The molecule has 8 aromatic rings. The fourth-order valence-corrected chi connectivity index (χ4v) is 8.87. The van der Waals surface area contributed by atoms with E-state index in [1.807, 2.05) is 30.3 Å². The first-order chi connectivity index (χ1) is 27.5. The van der Waals surface area contributed by atoms with E-state index in [-0.39, 0.29) is 21.7 Å². The zero-order valence-electron chi connectivity index (χ0n) is 36.3. The van der Waals surface area contributed by atoms with Crippen LogP contribution in [0.3, 0.4) is 0 Å². The third-order valence-electron chi connectivity index (χ3n) is 11.6. The molecule has 0 N–H and O–H groups in total. The Balaban J connectivity index is 0.000000191. The predicted octanol–water partition coefficient (Wildman–Crippen LogP) is 15.7. The van der Waals surface area contributed by atoms with E-state index in [1.165, 1.54) is 90.3 Å². The Morgan fingerprint density at radius 3 is 1.03 bits per heavy atom. The van der Waals surface area contributed by atoms with Crippen molar-refractivity contribution in [1.82, 2.24) is 0 Å². The van der Waals surface area contributed by atoms with Crippen LogP contribution in [-0.2, 0) is 45.9 Å². The fraction of sp³-hybridized carbons (Fsp3) is 0.246. The fourth-order valence-electron chi connectivity index (χ4n) is 8.16. The van der Waals surface area contributed by atoms with E-state index in [0.29, 0.717) is 0 Å². The summed E-state index contributed by atoms with van der Waals surface area (Å²) in [6.07, 6.45) is 0. The van der Waals surface area contributed by atoms with Gasteiger partial charge in [-0.1, -0.05) is 114 Å². The summed E-state index contributed by atoms with van der Waals surface area (Å²) in [7, 11) is 0. The van der Waals surface area contributed by atoms with Crippen molar-refractivity contribution in [2.45, 2.75) is 90.9 Å². The average molecular weight is 836 g/mol. The van der Waals surface area contributed by atoms with E-state index < -0.39 is 0 Å². The van der Waals surface area contributed by atoms with Gasteiger partial charge in [-0.2, -0.15) is 18.2 Å². The zero-order chi connectivity index (χ0) is 41.7. The molecule has 0 aliphatic rings. The monoisotopic (exact) mass is 834 g/mol. The summed E-state index contributed by atoms with van der Waals surface area (Å²) in [5.74, 6) is 0. The Bertz CT molecular complexity index is 2350. The first kappa shape index (κ1) is 42.9. The number of hydrogen-bond donors (Lipinski definition) is 0. The molecular weight excluding hydrogens is 776 g/mol. The van der Waals surface area contributed by atoms with Gasteiger partial charge in [0.2, 0.25) is 0 Å². The molecule has 0 atom stereocenters.